The number of hydrazine groups is 1. The van der Waals surface area contributed by atoms with Gasteiger partial charge in [0.25, 0.3) is 11.8 Å². The maximum absolute atomic E-state index is 12.8. The highest BCUT2D eigenvalue weighted by molar-refractivity contribution is 7.11. The zero-order chi connectivity index (χ0) is 17.5. The first-order chi connectivity index (χ1) is 11.5. The van der Waals surface area contributed by atoms with E-state index in [2.05, 4.69) is 10.9 Å². The molecule has 0 spiro atoms. The molecule has 0 unspecified atom stereocenters. The molecule has 0 radical (unpaired) electrons. The summed E-state index contributed by atoms with van der Waals surface area (Å²) in [6.07, 6.45) is 2.17. The van der Waals surface area contributed by atoms with Crippen LogP contribution in [-0.2, 0) is 9.59 Å². The van der Waals surface area contributed by atoms with Crippen molar-refractivity contribution < 1.29 is 18.7 Å². The van der Waals surface area contributed by atoms with Crippen molar-refractivity contribution in [3.05, 3.63) is 58.0 Å². The third kappa shape index (κ3) is 5.20. The molecular formula is C17H17FN2O3S. The summed E-state index contributed by atoms with van der Waals surface area (Å²) < 4.78 is 18.2. The molecule has 2 amide bonds. The van der Waals surface area contributed by atoms with Gasteiger partial charge >= 0.3 is 0 Å². The molecule has 1 aromatic carbocycles. The number of hydrogen-bond acceptors (Lipinski definition) is 4. The molecule has 126 valence electrons. The predicted octanol–water partition coefficient (Wildman–Crippen LogP) is 2.82. The number of aryl methyl sites for hydroxylation is 1. The van der Waals surface area contributed by atoms with Gasteiger partial charge in [0.05, 0.1) is 0 Å². The monoisotopic (exact) mass is 348 g/mol. The standard InChI is InChI=1S/C17H17FN2O3S/c1-11-9-10-24-15(11)7-8-16(21)19-20-17(22)12(2)23-14-5-3-13(18)4-6-14/h3-10,12H,1-2H3,(H,19,21)(H,20,22)/b8-7+/t12-/m0/s1. The highest BCUT2D eigenvalue weighted by atomic mass is 32.1. The van der Waals surface area contributed by atoms with E-state index in [-0.39, 0.29) is 5.82 Å². The zero-order valence-electron chi connectivity index (χ0n) is 13.2. The zero-order valence-corrected chi connectivity index (χ0v) is 14.0. The van der Waals surface area contributed by atoms with Crippen molar-refractivity contribution in [3.63, 3.8) is 0 Å². The minimum Gasteiger partial charge on any atom is -0.481 e. The Labute approximate surface area is 143 Å². The molecule has 2 rings (SSSR count). The van der Waals surface area contributed by atoms with E-state index in [1.54, 1.807) is 6.08 Å². The lowest BCUT2D eigenvalue weighted by Gasteiger charge is -2.14. The molecule has 0 fully saturated rings. The fourth-order valence-electron chi connectivity index (χ4n) is 1.74. The van der Waals surface area contributed by atoms with Gasteiger partial charge in [0.2, 0.25) is 0 Å². The summed E-state index contributed by atoms with van der Waals surface area (Å²) in [5.41, 5.74) is 5.63. The highest BCUT2D eigenvalue weighted by Gasteiger charge is 2.14. The molecule has 0 aliphatic carbocycles. The SMILES string of the molecule is Cc1ccsc1/C=C/C(=O)NNC(=O)[C@H](C)Oc1ccc(F)cc1. The summed E-state index contributed by atoms with van der Waals surface area (Å²) >= 11 is 1.52. The first-order valence-corrected chi connectivity index (χ1v) is 8.08. The van der Waals surface area contributed by atoms with Crippen molar-refractivity contribution in [2.75, 3.05) is 0 Å². The minimum absolute atomic E-state index is 0.360. The maximum atomic E-state index is 12.8. The normalized spacial score (nSPS) is 12.0. The Morgan fingerprint density at radius 2 is 1.92 bits per heavy atom. The van der Waals surface area contributed by atoms with E-state index in [4.69, 9.17) is 4.74 Å². The summed E-state index contributed by atoms with van der Waals surface area (Å²) in [4.78, 5) is 24.5. The molecule has 0 saturated heterocycles. The molecule has 1 heterocycles. The van der Waals surface area contributed by atoms with Gasteiger partial charge in [0.1, 0.15) is 11.6 Å². The molecule has 1 atom stereocenters. The van der Waals surface area contributed by atoms with Crippen molar-refractivity contribution in [2.24, 2.45) is 0 Å². The lowest BCUT2D eigenvalue weighted by atomic mass is 10.3. The molecule has 2 aromatic rings. The van der Waals surface area contributed by atoms with E-state index in [1.807, 2.05) is 18.4 Å². The summed E-state index contributed by atoms with van der Waals surface area (Å²) in [6.45, 7) is 3.47. The molecule has 5 nitrogen and oxygen atoms in total. The van der Waals surface area contributed by atoms with Crippen molar-refractivity contribution >= 4 is 29.2 Å². The number of carbonyl (C=O) groups is 2. The second-order valence-electron chi connectivity index (χ2n) is 4.99. The van der Waals surface area contributed by atoms with E-state index < -0.39 is 17.9 Å². The van der Waals surface area contributed by atoms with Crippen LogP contribution >= 0.6 is 11.3 Å². The Hall–Kier alpha value is -2.67. The first kappa shape index (κ1) is 17.7. The van der Waals surface area contributed by atoms with Gasteiger partial charge in [-0.2, -0.15) is 0 Å². The number of thiophene rings is 1. The summed E-state index contributed by atoms with van der Waals surface area (Å²) in [7, 11) is 0. The summed E-state index contributed by atoms with van der Waals surface area (Å²) in [6, 6.07) is 7.27. The van der Waals surface area contributed by atoms with Crippen molar-refractivity contribution in [1.29, 1.82) is 0 Å². The Kier molecular flexibility index (Phi) is 6.08. The van der Waals surface area contributed by atoms with Crippen molar-refractivity contribution in [1.82, 2.24) is 10.9 Å². The van der Waals surface area contributed by atoms with Crippen LogP contribution in [0.1, 0.15) is 17.4 Å². The van der Waals surface area contributed by atoms with Gasteiger partial charge in [-0.15, -0.1) is 11.3 Å². The molecule has 0 aliphatic rings. The van der Waals surface area contributed by atoms with Crippen LogP contribution in [0.4, 0.5) is 4.39 Å². The van der Waals surface area contributed by atoms with Gasteiger partial charge in [-0.3, -0.25) is 20.4 Å². The second-order valence-corrected chi connectivity index (χ2v) is 5.94. The molecular weight excluding hydrogens is 331 g/mol. The van der Waals surface area contributed by atoms with Crippen LogP contribution in [0.15, 0.2) is 41.8 Å². The number of carbonyl (C=O) groups excluding carboxylic acids is 2. The minimum atomic E-state index is -0.848. The van der Waals surface area contributed by atoms with E-state index >= 15 is 0 Å². The van der Waals surface area contributed by atoms with Crippen LogP contribution in [0.3, 0.4) is 0 Å². The molecule has 7 heteroatoms. The van der Waals surface area contributed by atoms with Gasteiger partial charge in [-0.25, -0.2) is 4.39 Å². The van der Waals surface area contributed by atoms with Crippen LogP contribution in [0.2, 0.25) is 0 Å². The highest BCUT2D eigenvalue weighted by Crippen LogP contribution is 2.16. The van der Waals surface area contributed by atoms with E-state index in [0.717, 1.165) is 10.4 Å². The molecule has 0 aliphatic heterocycles. The third-order valence-electron chi connectivity index (χ3n) is 3.09. The van der Waals surface area contributed by atoms with E-state index in [1.165, 1.54) is 48.6 Å². The molecule has 1 aromatic heterocycles. The Morgan fingerprint density at radius 1 is 1.21 bits per heavy atom. The van der Waals surface area contributed by atoms with Gasteiger partial charge in [-0.05, 0) is 61.2 Å². The summed E-state index contributed by atoms with van der Waals surface area (Å²) in [5.74, 6) is -1.00. The average molecular weight is 348 g/mol. The van der Waals surface area contributed by atoms with Gasteiger partial charge < -0.3 is 4.74 Å². The smallest absolute Gasteiger partial charge is 0.279 e. The van der Waals surface area contributed by atoms with Crippen LogP contribution < -0.4 is 15.6 Å². The van der Waals surface area contributed by atoms with Crippen LogP contribution in [0.25, 0.3) is 6.08 Å². The number of benzene rings is 1. The van der Waals surface area contributed by atoms with Gasteiger partial charge in [0, 0.05) is 11.0 Å². The topological polar surface area (TPSA) is 67.4 Å². The maximum Gasteiger partial charge on any atom is 0.279 e. The number of halogens is 1. The number of amides is 2. The Morgan fingerprint density at radius 3 is 2.54 bits per heavy atom. The fourth-order valence-corrected chi connectivity index (χ4v) is 2.56. The van der Waals surface area contributed by atoms with E-state index in [9.17, 15) is 14.0 Å². The van der Waals surface area contributed by atoms with Crippen molar-refractivity contribution in [3.8, 4) is 5.75 Å². The van der Waals surface area contributed by atoms with Crippen LogP contribution in [0.5, 0.6) is 5.75 Å². The number of rotatable bonds is 5. The van der Waals surface area contributed by atoms with E-state index in [0.29, 0.717) is 5.75 Å². The lowest BCUT2D eigenvalue weighted by Crippen LogP contribution is -2.46. The second kappa shape index (κ2) is 8.26. The van der Waals surface area contributed by atoms with Crippen LogP contribution in [0, 0.1) is 12.7 Å². The summed E-state index contributed by atoms with van der Waals surface area (Å²) in [5, 5.41) is 1.93. The Bertz CT molecular complexity index is 741. The number of ether oxygens (including phenoxy) is 1. The van der Waals surface area contributed by atoms with Crippen LogP contribution in [-0.4, -0.2) is 17.9 Å². The predicted molar refractivity (Wildman–Crippen MR) is 90.9 cm³/mol. The quantitative estimate of drug-likeness (QED) is 0.645. The largest absolute Gasteiger partial charge is 0.481 e. The molecule has 2 N–H and O–H groups in total. The fraction of sp³-hybridized carbons (Fsp3) is 0.176. The molecule has 0 bridgehead atoms. The third-order valence-corrected chi connectivity index (χ3v) is 4.08. The Balaban J connectivity index is 1.79. The van der Waals surface area contributed by atoms with Gasteiger partial charge in [-0.1, -0.05) is 0 Å². The molecule has 24 heavy (non-hydrogen) atoms. The average Bonchev–Trinajstić information content (AvgIpc) is 2.97. The lowest BCUT2D eigenvalue weighted by molar-refractivity contribution is -0.131. The number of nitrogens with one attached hydrogen (secondary N) is 2. The first-order valence-electron chi connectivity index (χ1n) is 7.20. The van der Waals surface area contributed by atoms with Crippen molar-refractivity contribution in [2.45, 2.75) is 20.0 Å². The molecule has 0 saturated carbocycles. The number of hydrogen-bond donors (Lipinski definition) is 2. The van der Waals surface area contributed by atoms with Gasteiger partial charge in [0.15, 0.2) is 6.10 Å².